The van der Waals surface area contributed by atoms with E-state index in [9.17, 15) is 22.4 Å². The second-order valence-corrected chi connectivity index (χ2v) is 8.93. The van der Waals surface area contributed by atoms with Crippen LogP contribution < -0.4 is 5.56 Å². The van der Waals surface area contributed by atoms with Gasteiger partial charge in [-0.3, -0.25) is 19.3 Å². The molecule has 2 atom stereocenters. The number of pyridine rings is 2. The molecule has 35 heavy (non-hydrogen) atoms. The number of aromatic nitrogens is 4. The molecule has 1 aliphatic rings. The standard InChI is InChI=1S/C26H22F4N4O/c1-15-4-2-6-20(27)23(15)17-8-7-16(12-17)18-13-21-24(33-11-10-32-21)34(25(18)35)14-22-19(26(28,29)30)5-3-9-31-22/h2-6,9-11,13,16-17H,7-8,12,14H2,1H3. The molecule has 1 aliphatic carbocycles. The van der Waals surface area contributed by atoms with Gasteiger partial charge in [-0.15, -0.1) is 0 Å². The van der Waals surface area contributed by atoms with E-state index in [2.05, 4.69) is 15.0 Å². The van der Waals surface area contributed by atoms with Crippen LogP contribution in [0.4, 0.5) is 17.6 Å². The van der Waals surface area contributed by atoms with Crippen molar-refractivity contribution in [3.63, 3.8) is 0 Å². The highest BCUT2D eigenvalue weighted by Crippen LogP contribution is 2.44. The quantitative estimate of drug-likeness (QED) is 0.348. The van der Waals surface area contributed by atoms with Gasteiger partial charge in [0.25, 0.3) is 5.56 Å². The van der Waals surface area contributed by atoms with Gasteiger partial charge in [0, 0.05) is 24.2 Å². The van der Waals surface area contributed by atoms with Crippen LogP contribution >= 0.6 is 0 Å². The van der Waals surface area contributed by atoms with Crippen LogP contribution in [-0.4, -0.2) is 19.5 Å². The fourth-order valence-corrected chi connectivity index (χ4v) is 5.21. The van der Waals surface area contributed by atoms with E-state index < -0.39 is 17.3 Å². The van der Waals surface area contributed by atoms with Crippen molar-refractivity contribution in [2.45, 2.75) is 50.7 Å². The predicted molar refractivity (Wildman–Crippen MR) is 123 cm³/mol. The van der Waals surface area contributed by atoms with E-state index in [0.29, 0.717) is 35.9 Å². The maximum absolute atomic E-state index is 14.6. The molecule has 3 aromatic heterocycles. The summed E-state index contributed by atoms with van der Waals surface area (Å²) in [6.45, 7) is 1.48. The molecule has 0 bridgehead atoms. The van der Waals surface area contributed by atoms with Gasteiger partial charge in [-0.2, -0.15) is 13.2 Å². The Morgan fingerprint density at radius 2 is 1.77 bits per heavy atom. The Kier molecular flexibility index (Phi) is 5.86. The van der Waals surface area contributed by atoms with Gasteiger partial charge in [0.15, 0.2) is 5.65 Å². The van der Waals surface area contributed by atoms with Crippen LogP contribution in [0.2, 0.25) is 0 Å². The first kappa shape index (κ1) is 23.1. The lowest BCUT2D eigenvalue weighted by atomic mass is 9.90. The molecule has 1 fully saturated rings. The molecule has 3 heterocycles. The average Bonchev–Trinajstić information content (AvgIpc) is 3.29. The Hall–Kier alpha value is -3.62. The highest BCUT2D eigenvalue weighted by molar-refractivity contribution is 5.71. The number of benzene rings is 1. The summed E-state index contributed by atoms with van der Waals surface area (Å²) < 4.78 is 56.5. The SMILES string of the molecule is Cc1cccc(F)c1C1CCC(c2cc3nccnc3n(Cc3ncccc3C(F)(F)F)c2=O)C1. The lowest BCUT2D eigenvalue weighted by Crippen LogP contribution is -2.28. The number of hydrogen-bond acceptors (Lipinski definition) is 4. The molecule has 180 valence electrons. The molecule has 5 nitrogen and oxygen atoms in total. The summed E-state index contributed by atoms with van der Waals surface area (Å²) in [7, 11) is 0. The topological polar surface area (TPSA) is 60.7 Å². The predicted octanol–water partition coefficient (Wildman–Crippen LogP) is 5.75. The molecule has 0 amide bonds. The summed E-state index contributed by atoms with van der Waals surface area (Å²) in [6, 6.07) is 8.82. The zero-order valence-corrected chi connectivity index (χ0v) is 18.9. The van der Waals surface area contributed by atoms with Crippen molar-refractivity contribution in [2.24, 2.45) is 0 Å². The summed E-state index contributed by atoms with van der Waals surface area (Å²) in [6.07, 6.45) is 1.48. The Bertz CT molecular complexity index is 1440. The van der Waals surface area contributed by atoms with Gasteiger partial charge < -0.3 is 0 Å². The number of fused-ring (bicyclic) bond motifs is 1. The summed E-state index contributed by atoms with van der Waals surface area (Å²) in [5.74, 6) is -0.471. The third kappa shape index (κ3) is 4.31. The van der Waals surface area contributed by atoms with Gasteiger partial charge in [0.2, 0.25) is 0 Å². The van der Waals surface area contributed by atoms with Crippen molar-refractivity contribution < 1.29 is 17.6 Å². The second-order valence-electron chi connectivity index (χ2n) is 8.93. The normalized spacial score (nSPS) is 18.3. The van der Waals surface area contributed by atoms with Gasteiger partial charge in [0.1, 0.15) is 11.3 Å². The third-order valence-corrected chi connectivity index (χ3v) is 6.80. The molecule has 9 heteroatoms. The maximum atomic E-state index is 14.6. The highest BCUT2D eigenvalue weighted by Gasteiger charge is 2.35. The zero-order chi connectivity index (χ0) is 24.7. The summed E-state index contributed by atoms with van der Waals surface area (Å²) in [4.78, 5) is 26.1. The van der Waals surface area contributed by atoms with E-state index >= 15 is 0 Å². The average molecular weight is 482 g/mol. The van der Waals surface area contributed by atoms with E-state index in [1.165, 1.54) is 35.3 Å². The molecule has 0 radical (unpaired) electrons. The molecule has 1 aromatic carbocycles. The van der Waals surface area contributed by atoms with Gasteiger partial charge >= 0.3 is 6.18 Å². The smallest absolute Gasteiger partial charge is 0.285 e. The van der Waals surface area contributed by atoms with Gasteiger partial charge in [-0.1, -0.05) is 12.1 Å². The van der Waals surface area contributed by atoms with E-state index in [0.717, 1.165) is 11.6 Å². The fourth-order valence-electron chi connectivity index (χ4n) is 5.21. The summed E-state index contributed by atoms with van der Waals surface area (Å²) >= 11 is 0. The van der Waals surface area contributed by atoms with Crippen LogP contribution in [-0.2, 0) is 12.7 Å². The Labute approximate surface area is 198 Å². The number of alkyl halides is 3. The third-order valence-electron chi connectivity index (χ3n) is 6.80. The molecule has 2 unspecified atom stereocenters. The van der Waals surface area contributed by atoms with Crippen molar-refractivity contribution >= 4 is 11.2 Å². The molecule has 4 aromatic rings. The molecule has 1 saturated carbocycles. The molecule has 0 N–H and O–H groups in total. The number of aryl methyl sites for hydroxylation is 1. The maximum Gasteiger partial charge on any atom is 0.418 e. The first-order chi connectivity index (χ1) is 16.7. The van der Waals surface area contributed by atoms with Crippen LogP contribution in [0.5, 0.6) is 0 Å². The summed E-state index contributed by atoms with van der Waals surface area (Å²) in [5.41, 5.74) is 1.01. The lowest BCUT2D eigenvalue weighted by Gasteiger charge is -2.18. The number of rotatable bonds is 4. The Morgan fingerprint density at radius 3 is 2.54 bits per heavy atom. The molecule has 0 saturated heterocycles. The number of halogens is 4. The van der Waals surface area contributed by atoms with Crippen LogP contribution in [0, 0.1) is 12.7 Å². The monoisotopic (exact) mass is 482 g/mol. The zero-order valence-electron chi connectivity index (χ0n) is 18.9. The van der Waals surface area contributed by atoms with Crippen LogP contribution in [0.25, 0.3) is 11.2 Å². The van der Waals surface area contributed by atoms with Crippen molar-refractivity contribution in [3.05, 3.63) is 99.1 Å². The second kappa shape index (κ2) is 8.87. The first-order valence-electron chi connectivity index (χ1n) is 11.3. The van der Waals surface area contributed by atoms with Crippen LogP contribution in [0.3, 0.4) is 0 Å². The number of nitrogens with zero attached hydrogens (tertiary/aromatic N) is 4. The summed E-state index contributed by atoms with van der Waals surface area (Å²) in [5, 5.41) is 0. The van der Waals surface area contributed by atoms with Crippen LogP contribution in [0.15, 0.2) is 59.8 Å². The van der Waals surface area contributed by atoms with Crippen molar-refractivity contribution in [3.8, 4) is 0 Å². The van der Waals surface area contributed by atoms with Crippen molar-refractivity contribution in [2.75, 3.05) is 0 Å². The van der Waals surface area contributed by atoms with Gasteiger partial charge in [-0.05, 0) is 73.4 Å². The molecule has 0 aliphatic heterocycles. The molecular formula is C26H22F4N4O. The Morgan fingerprint density at radius 1 is 1.00 bits per heavy atom. The molecule has 0 spiro atoms. The minimum atomic E-state index is -4.61. The number of hydrogen-bond donors (Lipinski definition) is 0. The Balaban J connectivity index is 1.57. The highest BCUT2D eigenvalue weighted by atomic mass is 19.4. The van der Waals surface area contributed by atoms with Gasteiger partial charge in [0.05, 0.1) is 17.8 Å². The molecule has 5 rings (SSSR count). The van der Waals surface area contributed by atoms with Crippen molar-refractivity contribution in [1.82, 2.24) is 19.5 Å². The minimum Gasteiger partial charge on any atom is -0.285 e. The van der Waals surface area contributed by atoms with E-state index in [4.69, 9.17) is 0 Å². The molecular weight excluding hydrogens is 460 g/mol. The van der Waals surface area contributed by atoms with Gasteiger partial charge in [-0.25, -0.2) is 9.37 Å². The lowest BCUT2D eigenvalue weighted by molar-refractivity contribution is -0.138. The van der Waals surface area contributed by atoms with E-state index in [1.807, 2.05) is 13.0 Å². The first-order valence-corrected chi connectivity index (χ1v) is 11.3. The van der Waals surface area contributed by atoms with E-state index in [1.54, 1.807) is 12.1 Å². The van der Waals surface area contributed by atoms with Crippen LogP contribution in [0.1, 0.15) is 59.0 Å². The van der Waals surface area contributed by atoms with E-state index in [-0.39, 0.29) is 35.5 Å². The minimum absolute atomic E-state index is 0.0424. The fraction of sp³-hybridized carbons (Fsp3) is 0.308. The largest absolute Gasteiger partial charge is 0.418 e. The van der Waals surface area contributed by atoms with Crippen molar-refractivity contribution in [1.29, 1.82) is 0 Å².